The Hall–Kier alpha value is -3.46. The van der Waals surface area contributed by atoms with Gasteiger partial charge in [-0.25, -0.2) is 4.39 Å². The topological polar surface area (TPSA) is 80.9 Å². The van der Waals surface area contributed by atoms with Gasteiger partial charge in [0.15, 0.2) is 11.5 Å². The van der Waals surface area contributed by atoms with Gasteiger partial charge in [-0.1, -0.05) is 23.4 Å². The number of nitrogens with zero attached hydrogens (tertiary/aromatic N) is 4. The fraction of sp³-hybridized carbons (Fsp3) is 0.348. The second-order valence-electron chi connectivity index (χ2n) is 7.87. The number of carbonyl (C=O) groups excluding carboxylic acids is 1. The highest BCUT2D eigenvalue weighted by Crippen LogP contribution is 2.32. The van der Waals surface area contributed by atoms with E-state index in [1.807, 2.05) is 23.1 Å². The summed E-state index contributed by atoms with van der Waals surface area (Å²) in [4.78, 5) is 21.1. The number of hydrogen-bond donors (Lipinski definition) is 0. The molecule has 1 aromatic heterocycles. The van der Waals surface area contributed by atoms with Crippen LogP contribution in [0, 0.1) is 5.82 Å². The van der Waals surface area contributed by atoms with Crippen LogP contribution in [-0.4, -0.2) is 58.8 Å². The van der Waals surface area contributed by atoms with Crippen molar-refractivity contribution in [2.24, 2.45) is 0 Å². The van der Waals surface area contributed by atoms with Crippen LogP contribution in [0.4, 0.5) is 4.39 Å². The number of hydrogen-bond acceptors (Lipinski definition) is 7. The summed E-state index contributed by atoms with van der Waals surface area (Å²) in [6.07, 6.45) is 0.658. The zero-order chi connectivity index (χ0) is 21.9. The van der Waals surface area contributed by atoms with Gasteiger partial charge in [0.25, 0.3) is 0 Å². The zero-order valence-electron chi connectivity index (χ0n) is 17.5. The third kappa shape index (κ3) is 4.57. The molecule has 3 aromatic rings. The highest BCUT2D eigenvalue weighted by molar-refractivity contribution is 5.76. The summed E-state index contributed by atoms with van der Waals surface area (Å²) >= 11 is 0. The van der Waals surface area contributed by atoms with E-state index in [0.717, 1.165) is 31.1 Å². The second kappa shape index (κ2) is 8.96. The van der Waals surface area contributed by atoms with E-state index in [1.54, 1.807) is 12.1 Å². The van der Waals surface area contributed by atoms with Gasteiger partial charge in [-0.2, -0.15) is 4.98 Å². The lowest BCUT2D eigenvalue weighted by Crippen LogP contribution is -2.48. The Morgan fingerprint density at radius 2 is 1.88 bits per heavy atom. The van der Waals surface area contributed by atoms with E-state index in [0.29, 0.717) is 43.2 Å². The maximum absolute atomic E-state index is 13.4. The smallest absolute Gasteiger partial charge is 0.231 e. The molecule has 1 fully saturated rings. The third-order valence-electron chi connectivity index (χ3n) is 5.67. The zero-order valence-corrected chi connectivity index (χ0v) is 17.5. The van der Waals surface area contributed by atoms with Gasteiger partial charge in [0.1, 0.15) is 5.82 Å². The van der Waals surface area contributed by atoms with E-state index in [-0.39, 0.29) is 18.5 Å². The largest absolute Gasteiger partial charge is 0.454 e. The molecule has 32 heavy (non-hydrogen) atoms. The first kappa shape index (κ1) is 20.4. The van der Waals surface area contributed by atoms with E-state index < -0.39 is 0 Å². The van der Waals surface area contributed by atoms with Crippen LogP contribution in [0.15, 0.2) is 47.0 Å². The molecule has 0 spiro atoms. The summed E-state index contributed by atoms with van der Waals surface area (Å²) in [6.45, 7) is 4.07. The third-order valence-corrected chi connectivity index (χ3v) is 5.67. The van der Waals surface area contributed by atoms with E-state index >= 15 is 0 Å². The number of amides is 1. The minimum atomic E-state index is -0.360. The number of fused-ring (bicyclic) bond motifs is 1. The molecule has 0 unspecified atom stereocenters. The van der Waals surface area contributed by atoms with Gasteiger partial charge in [0.05, 0.1) is 0 Å². The maximum atomic E-state index is 13.4. The molecule has 9 heteroatoms. The summed E-state index contributed by atoms with van der Waals surface area (Å²) in [6, 6.07) is 12.0. The lowest BCUT2D eigenvalue weighted by atomic mass is 10.1. The lowest BCUT2D eigenvalue weighted by molar-refractivity contribution is -0.133. The Kier molecular flexibility index (Phi) is 5.72. The first-order chi connectivity index (χ1) is 15.6. The van der Waals surface area contributed by atoms with Crippen LogP contribution in [0.5, 0.6) is 11.5 Å². The summed E-state index contributed by atoms with van der Waals surface area (Å²) < 4.78 is 29.4. The summed E-state index contributed by atoms with van der Waals surface area (Å²) in [7, 11) is 0. The number of ether oxygens (including phenoxy) is 2. The molecule has 2 aliphatic rings. The van der Waals surface area contributed by atoms with Crippen molar-refractivity contribution in [2.45, 2.75) is 19.4 Å². The van der Waals surface area contributed by atoms with Crippen LogP contribution >= 0.6 is 0 Å². The highest BCUT2D eigenvalue weighted by Gasteiger charge is 2.22. The van der Waals surface area contributed by atoms with Crippen molar-refractivity contribution in [3.63, 3.8) is 0 Å². The SMILES string of the molecule is O=C(CCc1nc(-c2cccc(F)c2)no1)N1CCN(Cc2ccc3c(c2)OCO3)CC1. The molecule has 0 aliphatic carbocycles. The Balaban J connectivity index is 1.09. The van der Waals surface area contributed by atoms with E-state index in [1.165, 1.54) is 17.7 Å². The van der Waals surface area contributed by atoms with Crippen LogP contribution in [0.1, 0.15) is 17.9 Å². The molecule has 1 saturated heterocycles. The first-order valence-electron chi connectivity index (χ1n) is 10.6. The predicted molar refractivity (Wildman–Crippen MR) is 112 cm³/mol. The number of benzene rings is 2. The Labute approximate surface area is 184 Å². The van der Waals surface area contributed by atoms with Crippen molar-refractivity contribution in [1.29, 1.82) is 0 Å². The molecule has 2 aliphatic heterocycles. The lowest BCUT2D eigenvalue weighted by Gasteiger charge is -2.34. The molecule has 8 nitrogen and oxygen atoms in total. The molecule has 0 radical (unpaired) electrons. The fourth-order valence-electron chi connectivity index (χ4n) is 3.93. The molecule has 3 heterocycles. The molecular weight excluding hydrogens is 415 g/mol. The number of rotatable bonds is 6. The van der Waals surface area contributed by atoms with Gasteiger partial charge in [-0.15, -0.1) is 0 Å². The van der Waals surface area contributed by atoms with E-state index in [2.05, 4.69) is 15.0 Å². The van der Waals surface area contributed by atoms with Gasteiger partial charge in [-0.3, -0.25) is 9.69 Å². The van der Waals surface area contributed by atoms with Gasteiger partial charge in [-0.05, 0) is 29.8 Å². The predicted octanol–water partition coefficient (Wildman–Crippen LogP) is 2.88. The van der Waals surface area contributed by atoms with Crippen LogP contribution in [-0.2, 0) is 17.8 Å². The molecule has 2 aromatic carbocycles. The van der Waals surface area contributed by atoms with Crippen LogP contribution in [0.25, 0.3) is 11.4 Å². The van der Waals surface area contributed by atoms with Gasteiger partial charge >= 0.3 is 0 Å². The van der Waals surface area contributed by atoms with Crippen molar-refractivity contribution in [3.8, 4) is 22.9 Å². The molecule has 0 saturated carbocycles. The quantitative estimate of drug-likeness (QED) is 0.585. The number of piperazine rings is 1. The minimum Gasteiger partial charge on any atom is -0.454 e. The fourth-order valence-corrected chi connectivity index (χ4v) is 3.93. The molecule has 0 atom stereocenters. The first-order valence-corrected chi connectivity index (χ1v) is 10.6. The molecule has 0 bridgehead atoms. The van der Waals surface area contributed by atoms with Crippen molar-refractivity contribution in [3.05, 3.63) is 59.7 Å². The standard InChI is InChI=1S/C23H23FN4O4/c24-18-3-1-2-17(13-18)23-25-21(32-26-23)6-7-22(29)28-10-8-27(9-11-28)14-16-4-5-19-20(12-16)31-15-30-19/h1-5,12-13H,6-11,14-15H2. The molecule has 166 valence electrons. The average Bonchev–Trinajstić information content (AvgIpc) is 3.47. The number of aromatic nitrogens is 2. The van der Waals surface area contributed by atoms with Crippen LogP contribution in [0.2, 0.25) is 0 Å². The molecular formula is C23H23FN4O4. The molecule has 1 amide bonds. The normalized spacial score (nSPS) is 15.8. The van der Waals surface area contributed by atoms with Gasteiger partial charge < -0.3 is 18.9 Å². The number of halogens is 1. The Morgan fingerprint density at radius 3 is 2.72 bits per heavy atom. The van der Waals surface area contributed by atoms with Crippen molar-refractivity contribution in [2.75, 3.05) is 33.0 Å². The van der Waals surface area contributed by atoms with Crippen molar-refractivity contribution >= 4 is 5.91 Å². The maximum Gasteiger partial charge on any atom is 0.231 e. The summed E-state index contributed by atoms with van der Waals surface area (Å²) in [5, 5.41) is 3.89. The Bertz CT molecular complexity index is 1110. The highest BCUT2D eigenvalue weighted by atomic mass is 19.1. The average molecular weight is 438 g/mol. The van der Waals surface area contributed by atoms with E-state index in [4.69, 9.17) is 14.0 Å². The van der Waals surface area contributed by atoms with Crippen LogP contribution < -0.4 is 9.47 Å². The summed E-state index contributed by atoms with van der Waals surface area (Å²) in [5.74, 6) is 1.98. The second-order valence-corrected chi connectivity index (χ2v) is 7.87. The number of aryl methyl sites for hydroxylation is 1. The monoisotopic (exact) mass is 438 g/mol. The summed E-state index contributed by atoms with van der Waals surface area (Å²) in [5.41, 5.74) is 1.71. The van der Waals surface area contributed by atoms with Crippen molar-refractivity contribution in [1.82, 2.24) is 19.9 Å². The molecule has 0 N–H and O–H groups in total. The van der Waals surface area contributed by atoms with Crippen molar-refractivity contribution < 1.29 is 23.2 Å². The van der Waals surface area contributed by atoms with Gasteiger partial charge in [0, 0.05) is 51.1 Å². The minimum absolute atomic E-state index is 0.0678. The van der Waals surface area contributed by atoms with E-state index in [9.17, 15) is 9.18 Å². The Morgan fingerprint density at radius 1 is 1.03 bits per heavy atom. The number of carbonyl (C=O) groups is 1. The van der Waals surface area contributed by atoms with Crippen LogP contribution in [0.3, 0.4) is 0 Å². The van der Waals surface area contributed by atoms with Gasteiger partial charge in [0.2, 0.25) is 24.4 Å². The molecule has 5 rings (SSSR count).